The average molecular weight is 245 g/mol. The Morgan fingerprint density at radius 1 is 1.00 bits per heavy atom. The van der Waals surface area contributed by atoms with Crippen molar-refractivity contribution < 1.29 is 0 Å². The van der Waals surface area contributed by atoms with Crippen molar-refractivity contribution in [3.63, 3.8) is 0 Å². The summed E-state index contributed by atoms with van der Waals surface area (Å²) < 4.78 is 0. The van der Waals surface area contributed by atoms with E-state index in [2.05, 4.69) is 0 Å². The van der Waals surface area contributed by atoms with E-state index in [1.54, 1.807) is 11.0 Å². The molecule has 17 heavy (non-hydrogen) atoms. The van der Waals surface area contributed by atoms with Crippen molar-refractivity contribution in [2.75, 3.05) is 11.9 Å². The second-order valence-electron chi connectivity index (χ2n) is 3.72. The molecule has 2 nitrogen and oxygen atoms in total. The lowest BCUT2D eigenvalue weighted by atomic mass is 10.2. The van der Waals surface area contributed by atoms with Crippen molar-refractivity contribution >= 4 is 23.1 Å². The van der Waals surface area contributed by atoms with Crippen LogP contribution in [0.4, 0.5) is 5.69 Å². The van der Waals surface area contributed by atoms with Crippen LogP contribution in [-0.2, 0) is 0 Å². The highest BCUT2D eigenvalue weighted by molar-refractivity contribution is 6.34. The molecule has 0 aliphatic heterocycles. The van der Waals surface area contributed by atoms with Gasteiger partial charge >= 0.3 is 0 Å². The van der Waals surface area contributed by atoms with E-state index in [0.717, 1.165) is 11.3 Å². The zero-order chi connectivity index (χ0) is 12.3. The van der Waals surface area contributed by atoms with Gasteiger partial charge in [0.2, 0.25) is 0 Å². The van der Waals surface area contributed by atoms with E-state index in [0.29, 0.717) is 10.9 Å². The molecule has 0 saturated heterocycles. The number of halogens is 1. The van der Waals surface area contributed by atoms with Crippen LogP contribution < -0.4 is 4.90 Å². The van der Waals surface area contributed by atoms with Crippen molar-refractivity contribution in [1.82, 2.24) is 0 Å². The van der Waals surface area contributed by atoms with Gasteiger partial charge in [0, 0.05) is 18.3 Å². The molecular weight excluding hydrogens is 232 g/mol. The number of rotatable bonds is 2. The van der Waals surface area contributed by atoms with E-state index in [1.165, 1.54) is 0 Å². The number of hydrogen-bond donors (Lipinski definition) is 1. The molecule has 0 heterocycles. The molecule has 2 rings (SSSR count). The van der Waals surface area contributed by atoms with E-state index in [4.69, 9.17) is 17.0 Å². The maximum atomic E-state index is 8.16. The molecular formula is C14H13ClN2. The lowest BCUT2D eigenvalue weighted by molar-refractivity contribution is 1.22. The van der Waals surface area contributed by atoms with Crippen molar-refractivity contribution in [2.45, 2.75) is 0 Å². The summed E-state index contributed by atoms with van der Waals surface area (Å²) >= 11 is 6.08. The second kappa shape index (κ2) is 5.02. The summed E-state index contributed by atoms with van der Waals surface area (Å²) in [6.07, 6.45) is 0. The van der Waals surface area contributed by atoms with Gasteiger partial charge in [-0.2, -0.15) is 0 Å². The predicted molar refractivity (Wildman–Crippen MR) is 73.1 cm³/mol. The molecule has 0 atom stereocenters. The zero-order valence-electron chi connectivity index (χ0n) is 9.52. The topological polar surface area (TPSA) is 27.1 Å². The van der Waals surface area contributed by atoms with Crippen LogP contribution in [0.15, 0.2) is 54.6 Å². The molecule has 0 aliphatic carbocycles. The summed E-state index contributed by atoms with van der Waals surface area (Å²) in [4.78, 5) is 1.81. The largest absolute Gasteiger partial charge is 0.329 e. The Morgan fingerprint density at radius 2 is 1.59 bits per heavy atom. The van der Waals surface area contributed by atoms with Crippen molar-refractivity contribution in [3.8, 4) is 0 Å². The van der Waals surface area contributed by atoms with Crippen LogP contribution in [0.3, 0.4) is 0 Å². The Bertz CT molecular complexity index is 523. The van der Waals surface area contributed by atoms with Gasteiger partial charge in [-0.25, -0.2) is 0 Å². The molecule has 0 amide bonds. The molecule has 0 bridgehead atoms. The van der Waals surface area contributed by atoms with E-state index in [1.807, 2.05) is 55.6 Å². The first-order chi connectivity index (χ1) is 8.20. The van der Waals surface area contributed by atoms with Gasteiger partial charge in [-0.3, -0.25) is 5.41 Å². The summed E-state index contributed by atoms with van der Waals surface area (Å²) in [6.45, 7) is 0. The van der Waals surface area contributed by atoms with E-state index in [-0.39, 0.29) is 0 Å². The van der Waals surface area contributed by atoms with Crippen LogP contribution in [0.2, 0.25) is 5.02 Å². The molecule has 0 aliphatic rings. The number of anilines is 1. The van der Waals surface area contributed by atoms with Crippen LogP contribution >= 0.6 is 11.6 Å². The minimum atomic E-state index is 0.391. The smallest absolute Gasteiger partial charge is 0.133 e. The lowest BCUT2D eigenvalue weighted by Crippen LogP contribution is -2.26. The van der Waals surface area contributed by atoms with Crippen molar-refractivity contribution in [1.29, 1.82) is 5.41 Å². The third-order valence-electron chi connectivity index (χ3n) is 2.61. The highest BCUT2D eigenvalue weighted by Crippen LogP contribution is 2.20. The minimum absolute atomic E-state index is 0.391. The van der Waals surface area contributed by atoms with E-state index < -0.39 is 0 Å². The summed E-state index contributed by atoms with van der Waals surface area (Å²) in [5.74, 6) is 0.391. The second-order valence-corrected chi connectivity index (χ2v) is 4.13. The third kappa shape index (κ3) is 2.48. The van der Waals surface area contributed by atoms with Gasteiger partial charge in [0.1, 0.15) is 5.84 Å². The average Bonchev–Trinajstić information content (AvgIpc) is 2.39. The van der Waals surface area contributed by atoms with Crippen LogP contribution in [0.25, 0.3) is 0 Å². The quantitative estimate of drug-likeness (QED) is 0.631. The fourth-order valence-electron chi connectivity index (χ4n) is 1.61. The van der Waals surface area contributed by atoms with Crippen molar-refractivity contribution in [3.05, 3.63) is 65.2 Å². The van der Waals surface area contributed by atoms with Crippen LogP contribution in [0, 0.1) is 5.41 Å². The maximum Gasteiger partial charge on any atom is 0.133 e. The van der Waals surface area contributed by atoms with Gasteiger partial charge in [-0.15, -0.1) is 0 Å². The summed E-state index contributed by atoms with van der Waals surface area (Å²) in [5, 5.41) is 8.75. The molecule has 3 heteroatoms. The molecule has 2 aromatic rings. The number of amidine groups is 1. The molecule has 0 spiro atoms. The molecule has 1 N–H and O–H groups in total. The highest BCUT2D eigenvalue weighted by Gasteiger charge is 2.11. The van der Waals surface area contributed by atoms with Gasteiger partial charge in [-0.05, 0) is 24.3 Å². The van der Waals surface area contributed by atoms with E-state index in [9.17, 15) is 0 Å². The normalized spacial score (nSPS) is 10.0. The van der Waals surface area contributed by atoms with E-state index >= 15 is 0 Å². The van der Waals surface area contributed by atoms with Crippen LogP contribution in [-0.4, -0.2) is 12.9 Å². The highest BCUT2D eigenvalue weighted by atomic mass is 35.5. The SMILES string of the molecule is CN(C(=N)c1ccccc1Cl)c1ccccc1. The first-order valence-electron chi connectivity index (χ1n) is 5.32. The Balaban J connectivity index is 2.30. The van der Waals surface area contributed by atoms with Crippen LogP contribution in [0.1, 0.15) is 5.56 Å². The Hall–Kier alpha value is -1.80. The number of nitrogens with zero attached hydrogens (tertiary/aromatic N) is 1. The number of benzene rings is 2. The van der Waals surface area contributed by atoms with Gasteiger partial charge in [0.05, 0.1) is 5.02 Å². The Morgan fingerprint density at radius 3 is 2.24 bits per heavy atom. The summed E-state index contributed by atoms with van der Waals surface area (Å²) in [5.41, 5.74) is 1.71. The first kappa shape index (κ1) is 11.7. The molecule has 0 unspecified atom stereocenters. The zero-order valence-corrected chi connectivity index (χ0v) is 10.3. The van der Waals surface area contributed by atoms with Gasteiger partial charge in [0.25, 0.3) is 0 Å². The van der Waals surface area contributed by atoms with Crippen LogP contribution in [0.5, 0.6) is 0 Å². The molecule has 0 fully saturated rings. The molecule has 0 saturated carbocycles. The van der Waals surface area contributed by atoms with Gasteiger partial charge in [0.15, 0.2) is 0 Å². The number of para-hydroxylation sites is 1. The molecule has 0 aromatic heterocycles. The minimum Gasteiger partial charge on any atom is -0.329 e. The predicted octanol–water partition coefficient (Wildman–Crippen LogP) is 3.80. The lowest BCUT2D eigenvalue weighted by Gasteiger charge is -2.20. The fraction of sp³-hybridized carbons (Fsp3) is 0.0714. The Kier molecular flexibility index (Phi) is 3.45. The number of nitrogens with one attached hydrogen (secondary N) is 1. The molecule has 86 valence electrons. The first-order valence-corrected chi connectivity index (χ1v) is 5.70. The Labute approximate surface area is 106 Å². The van der Waals surface area contributed by atoms with Gasteiger partial charge < -0.3 is 4.90 Å². The monoisotopic (exact) mass is 244 g/mol. The summed E-state index contributed by atoms with van der Waals surface area (Å²) in [6, 6.07) is 17.2. The van der Waals surface area contributed by atoms with Gasteiger partial charge in [-0.1, -0.05) is 41.9 Å². The molecule has 0 radical (unpaired) electrons. The fourth-order valence-corrected chi connectivity index (χ4v) is 1.84. The molecule has 2 aromatic carbocycles. The van der Waals surface area contributed by atoms with Crippen molar-refractivity contribution in [2.24, 2.45) is 0 Å². The standard InChI is InChI=1S/C14H13ClN2/c1-17(11-7-3-2-4-8-11)14(16)12-9-5-6-10-13(12)15/h2-10,16H,1H3. The third-order valence-corrected chi connectivity index (χ3v) is 2.94. The number of hydrogen-bond acceptors (Lipinski definition) is 1. The maximum absolute atomic E-state index is 8.16. The summed E-state index contributed by atoms with van der Waals surface area (Å²) in [7, 11) is 1.86.